The number of esters is 1. The van der Waals surface area contributed by atoms with Gasteiger partial charge in [0.15, 0.2) is 0 Å². The molecule has 2 rings (SSSR count). The van der Waals surface area contributed by atoms with Crippen LogP contribution in [-0.4, -0.2) is 32.6 Å². The number of hydrogen-bond donors (Lipinski definition) is 2. The van der Waals surface area contributed by atoms with E-state index in [9.17, 15) is 14.9 Å². The molecular formula is C23H26N4O3. The number of para-hydroxylation sites is 1. The topological polar surface area (TPSA) is 94.5 Å². The number of carbonyl (C=O) groups is 2. The Balaban J connectivity index is 2.12. The second-order valence-electron chi connectivity index (χ2n) is 6.75. The molecule has 7 nitrogen and oxygen atoms in total. The van der Waals surface area contributed by atoms with E-state index in [-0.39, 0.29) is 11.1 Å². The van der Waals surface area contributed by atoms with Gasteiger partial charge in [0.25, 0.3) is 5.91 Å². The fourth-order valence-electron chi connectivity index (χ4n) is 2.52. The Morgan fingerprint density at radius 1 is 1.17 bits per heavy atom. The molecule has 0 saturated heterocycles. The van der Waals surface area contributed by atoms with Crippen molar-refractivity contribution in [1.29, 1.82) is 5.26 Å². The first-order valence-electron chi connectivity index (χ1n) is 9.68. The highest BCUT2D eigenvalue weighted by Crippen LogP contribution is 2.19. The molecule has 0 spiro atoms. The zero-order valence-corrected chi connectivity index (χ0v) is 17.4. The van der Waals surface area contributed by atoms with Crippen LogP contribution in [0.25, 0.3) is 0 Å². The van der Waals surface area contributed by atoms with Gasteiger partial charge < -0.3 is 20.3 Å². The molecule has 0 bridgehead atoms. The van der Waals surface area contributed by atoms with Gasteiger partial charge in [-0.2, -0.15) is 5.26 Å². The zero-order chi connectivity index (χ0) is 21.9. The molecule has 2 aromatic carbocycles. The maximum atomic E-state index is 12.6. The summed E-state index contributed by atoms with van der Waals surface area (Å²) in [7, 11) is 3.85. The highest BCUT2D eigenvalue weighted by Gasteiger charge is 2.16. The molecule has 0 unspecified atom stereocenters. The summed E-state index contributed by atoms with van der Waals surface area (Å²) in [5, 5.41) is 15.0. The molecule has 1 amide bonds. The number of amides is 1. The quantitative estimate of drug-likeness (QED) is 0.281. The maximum Gasteiger partial charge on any atom is 0.340 e. The Bertz CT molecular complexity index is 961. The molecule has 2 N–H and O–H groups in total. The average Bonchev–Trinajstić information content (AvgIpc) is 2.75. The van der Waals surface area contributed by atoms with Crippen molar-refractivity contribution >= 4 is 28.9 Å². The second-order valence-corrected chi connectivity index (χ2v) is 6.75. The molecular weight excluding hydrogens is 380 g/mol. The largest absolute Gasteiger partial charge is 0.462 e. The molecule has 2 aromatic rings. The summed E-state index contributed by atoms with van der Waals surface area (Å²) >= 11 is 0. The SMILES string of the molecule is CCCCOC(=O)c1ccccc1NC(=O)/C(C#N)=C\Nc1cccc(N(C)C)c1. The lowest BCUT2D eigenvalue weighted by atomic mass is 10.1. The fourth-order valence-corrected chi connectivity index (χ4v) is 2.52. The molecule has 0 heterocycles. The van der Waals surface area contributed by atoms with E-state index in [1.807, 2.05) is 56.3 Å². The Morgan fingerprint density at radius 3 is 2.63 bits per heavy atom. The van der Waals surface area contributed by atoms with Crippen molar-refractivity contribution in [2.75, 3.05) is 36.2 Å². The zero-order valence-electron chi connectivity index (χ0n) is 17.4. The first-order valence-corrected chi connectivity index (χ1v) is 9.68. The van der Waals surface area contributed by atoms with Gasteiger partial charge in [0.2, 0.25) is 0 Å². The van der Waals surface area contributed by atoms with E-state index in [2.05, 4.69) is 10.6 Å². The lowest BCUT2D eigenvalue weighted by Gasteiger charge is -2.13. The molecule has 156 valence electrons. The van der Waals surface area contributed by atoms with Gasteiger partial charge >= 0.3 is 5.97 Å². The smallest absolute Gasteiger partial charge is 0.340 e. The minimum absolute atomic E-state index is 0.126. The van der Waals surface area contributed by atoms with Crippen LogP contribution < -0.4 is 15.5 Å². The van der Waals surface area contributed by atoms with E-state index in [1.54, 1.807) is 24.3 Å². The van der Waals surface area contributed by atoms with Gasteiger partial charge in [0, 0.05) is 31.7 Å². The van der Waals surface area contributed by atoms with Crippen LogP contribution in [0.1, 0.15) is 30.1 Å². The van der Waals surface area contributed by atoms with Crippen LogP contribution in [0.5, 0.6) is 0 Å². The minimum atomic E-state index is -0.623. The number of unbranched alkanes of at least 4 members (excludes halogenated alkanes) is 1. The molecule has 0 atom stereocenters. The summed E-state index contributed by atoms with van der Waals surface area (Å²) in [5.74, 6) is -1.14. The number of rotatable bonds is 9. The normalized spacial score (nSPS) is 10.7. The monoisotopic (exact) mass is 406 g/mol. The molecule has 7 heteroatoms. The van der Waals surface area contributed by atoms with Crippen LogP contribution in [0.4, 0.5) is 17.1 Å². The Morgan fingerprint density at radius 2 is 1.93 bits per heavy atom. The number of benzene rings is 2. The van der Waals surface area contributed by atoms with Crippen LogP contribution >= 0.6 is 0 Å². The van der Waals surface area contributed by atoms with Gasteiger partial charge in [-0.05, 0) is 36.8 Å². The van der Waals surface area contributed by atoms with Crippen molar-refractivity contribution in [2.24, 2.45) is 0 Å². The third-order valence-electron chi connectivity index (χ3n) is 4.24. The average molecular weight is 406 g/mol. The minimum Gasteiger partial charge on any atom is -0.462 e. The van der Waals surface area contributed by atoms with Crippen molar-refractivity contribution in [3.05, 3.63) is 65.9 Å². The number of carbonyl (C=O) groups excluding carboxylic acids is 2. The van der Waals surface area contributed by atoms with E-state index in [1.165, 1.54) is 6.20 Å². The van der Waals surface area contributed by atoms with Crippen LogP contribution in [0, 0.1) is 11.3 Å². The third-order valence-corrected chi connectivity index (χ3v) is 4.24. The van der Waals surface area contributed by atoms with Gasteiger partial charge in [-0.25, -0.2) is 4.79 Å². The number of nitriles is 1. The number of nitrogens with zero attached hydrogens (tertiary/aromatic N) is 2. The van der Waals surface area contributed by atoms with Gasteiger partial charge in [0.1, 0.15) is 11.6 Å². The van der Waals surface area contributed by atoms with E-state index in [0.29, 0.717) is 12.3 Å². The maximum absolute atomic E-state index is 12.6. The predicted molar refractivity (Wildman–Crippen MR) is 118 cm³/mol. The van der Waals surface area contributed by atoms with E-state index in [4.69, 9.17) is 4.74 Å². The number of nitrogens with one attached hydrogen (secondary N) is 2. The molecule has 0 aliphatic carbocycles. The van der Waals surface area contributed by atoms with Crippen molar-refractivity contribution < 1.29 is 14.3 Å². The lowest BCUT2D eigenvalue weighted by Crippen LogP contribution is -2.18. The summed E-state index contributed by atoms with van der Waals surface area (Å²) in [5.41, 5.74) is 2.12. The van der Waals surface area contributed by atoms with Crippen LogP contribution in [0.15, 0.2) is 60.3 Å². The molecule has 0 aliphatic rings. The number of hydrogen-bond acceptors (Lipinski definition) is 6. The first kappa shape index (κ1) is 22.5. The standard InChI is InChI=1S/C23H26N4O3/c1-4-5-13-30-23(29)20-11-6-7-12-21(20)26-22(28)17(15-24)16-25-18-9-8-10-19(14-18)27(2)3/h6-12,14,16,25H,4-5,13H2,1-3H3,(H,26,28)/b17-16-. The predicted octanol–water partition coefficient (Wildman–Crippen LogP) is 4.17. The van der Waals surface area contributed by atoms with Crippen molar-refractivity contribution in [1.82, 2.24) is 0 Å². The Labute approximate surface area is 177 Å². The van der Waals surface area contributed by atoms with Gasteiger partial charge in [-0.3, -0.25) is 4.79 Å². The van der Waals surface area contributed by atoms with E-state index in [0.717, 1.165) is 24.2 Å². The summed E-state index contributed by atoms with van der Waals surface area (Å²) < 4.78 is 5.23. The summed E-state index contributed by atoms with van der Waals surface area (Å²) in [6, 6.07) is 16.0. The molecule has 0 saturated carbocycles. The highest BCUT2D eigenvalue weighted by atomic mass is 16.5. The van der Waals surface area contributed by atoms with Gasteiger partial charge in [0.05, 0.1) is 17.9 Å². The summed E-state index contributed by atoms with van der Waals surface area (Å²) in [4.78, 5) is 26.8. The summed E-state index contributed by atoms with van der Waals surface area (Å²) in [6.07, 6.45) is 3.01. The van der Waals surface area contributed by atoms with Gasteiger partial charge in [-0.1, -0.05) is 31.5 Å². The summed E-state index contributed by atoms with van der Waals surface area (Å²) in [6.45, 7) is 2.32. The van der Waals surface area contributed by atoms with Crippen LogP contribution in [0.2, 0.25) is 0 Å². The Kier molecular flexibility index (Phi) is 8.45. The molecule has 0 fully saturated rings. The highest BCUT2D eigenvalue weighted by molar-refractivity contribution is 6.09. The molecule has 30 heavy (non-hydrogen) atoms. The first-order chi connectivity index (χ1) is 14.5. The Hall–Kier alpha value is -3.79. The van der Waals surface area contributed by atoms with E-state index >= 15 is 0 Å². The van der Waals surface area contributed by atoms with Crippen LogP contribution in [0.3, 0.4) is 0 Å². The van der Waals surface area contributed by atoms with Gasteiger partial charge in [-0.15, -0.1) is 0 Å². The number of anilines is 3. The van der Waals surface area contributed by atoms with Crippen LogP contribution in [-0.2, 0) is 9.53 Å². The van der Waals surface area contributed by atoms with E-state index < -0.39 is 11.9 Å². The molecule has 0 aliphatic heterocycles. The second kappa shape index (κ2) is 11.3. The third kappa shape index (κ3) is 6.38. The molecule has 0 radical (unpaired) electrons. The van der Waals surface area contributed by atoms with Crippen molar-refractivity contribution in [3.8, 4) is 6.07 Å². The van der Waals surface area contributed by atoms with Crippen molar-refractivity contribution in [3.63, 3.8) is 0 Å². The number of ether oxygens (including phenoxy) is 1. The molecule has 0 aromatic heterocycles. The fraction of sp³-hybridized carbons (Fsp3) is 0.261. The van der Waals surface area contributed by atoms with Crippen molar-refractivity contribution in [2.45, 2.75) is 19.8 Å². The lowest BCUT2D eigenvalue weighted by molar-refractivity contribution is -0.112.